The number of aromatic nitrogens is 4. The van der Waals surface area contributed by atoms with Gasteiger partial charge in [-0.1, -0.05) is 47.7 Å². The Bertz CT molecular complexity index is 3160. The summed E-state index contributed by atoms with van der Waals surface area (Å²) in [6.07, 6.45) is 5.19. The summed E-state index contributed by atoms with van der Waals surface area (Å²) in [5.74, 6) is -0.816. The minimum absolute atomic E-state index is 0.0532. The second kappa shape index (κ2) is 19.8. The van der Waals surface area contributed by atoms with E-state index in [0.29, 0.717) is 84.2 Å². The van der Waals surface area contributed by atoms with E-state index in [1.165, 1.54) is 11.3 Å². The van der Waals surface area contributed by atoms with E-state index in [-0.39, 0.29) is 35.7 Å². The molecule has 1 atom stereocenters. The zero-order chi connectivity index (χ0) is 48.5. The van der Waals surface area contributed by atoms with Crippen LogP contribution in [0.2, 0.25) is 0 Å². The third-order valence-electron chi connectivity index (χ3n) is 13.8. The van der Waals surface area contributed by atoms with Crippen molar-refractivity contribution in [1.82, 2.24) is 30.0 Å². The minimum atomic E-state index is -1.13. The predicted molar refractivity (Wildman–Crippen MR) is 268 cm³/mol. The number of carboxylic acid groups (broad SMARTS) is 1. The highest BCUT2D eigenvalue weighted by Gasteiger charge is 2.32. The average molecular weight is 960 g/mol. The molecule has 0 bridgehead atoms. The van der Waals surface area contributed by atoms with Gasteiger partial charge in [-0.15, -0.1) is 0 Å². The fraction of sp³-hybridized carbons (Fsp3) is 0.321. The van der Waals surface area contributed by atoms with Crippen LogP contribution >= 0.6 is 11.3 Å². The lowest BCUT2D eigenvalue weighted by Gasteiger charge is -2.31. The van der Waals surface area contributed by atoms with Crippen LogP contribution in [-0.4, -0.2) is 92.1 Å². The van der Waals surface area contributed by atoms with Crippen molar-refractivity contribution < 1.29 is 33.8 Å². The molecule has 10 rings (SSSR count). The van der Waals surface area contributed by atoms with Crippen molar-refractivity contribution in [3.63, 3.8) is 0 Å². The Balaban J connectivity index is 0.709. The second-order valence-corrected chi connectivity index (χ2v) is 19.4. The van der Waals surface area contributed by atoms with Crippen LogP contribution in [0.5, 0.6) is 5.75 Å². The van der Waals surface area contributed by atoms with Gasteiger partial charge in [0, 0.05) is 48.8 Å². The molecule has 4 amide bonds. The minimum Gasteiger partial charge on any atom is -0.493 e. The van der Waals surface area contributed by atoms with Gasteiger partial charge in [0.15, 0.2) is 10.8 Å². The monoisotopic (exact) mass is 959 g/mol. The highest BCUT2D eigenvalue weighted by molar-refractivity contribution is 7.22. The number of amides is 4. The molecular weight excluding hydrogens is 907 g/mol. The average Bonchev–Trinajstić information content (AvgIpc) is 3.92. The lowest BCUT2D eigenvalue weighted by atomic mass is 9.92. The summed E-state index contributed by atoms with van der Waals surface area (Å²) < 4.78 is 9.01. The second-order valence-electron chi connectivity index (χ2n) is 18.4. The van der Waals surface area contributed by atoms with Gasteiger partial charge in [0.1, 0.15) is 11.6 Å². The number of pyridine rings is 1. The molecule has 4 N–H and O–H groups in total. The van der Waals surface area contributed by atoms with Gasteiger partial charge in [-0.25, -0.2) is 14.8 Å². The Morgan fingerprint density at radius 1 is 0.886 bits per heavy atom. The number of aryl methyl sites for hydroxylation is 1. The van der Waals surface area contributed by atoms with Crippen LogP contribution in [0, 0.1) is 12.8 Å². The number of anilines is 3. The summed E-state index contributed by atoms with van der Waals surface area (Å²) in [5.41, 5.74) is 7.43. The fourth-order valence-electron chi connectivity index (χ4n) is 10.1. The largest absolute Gasteiger partial charge is 0.493 e. The van der Waals surface area contributed by atoms with Crippen LogP contribution < -0.4 is 25.6 Å². The lowest BCUT2D eigenvalue weighted by Crippen LogP contribution is -2.39. The fourth-order valence-corrected chi connectivity index (χ4v) is 11.0. The Morgan fingerprint density at radius 3 is 2.53 bits per heavy atom. The van der Waals surface area contributed by atoms with Crippen molar-refractivity contribution in [3.05, 3.63) is 125 Å². The van der Waals surface area contributed by atoms with Crippen LogP contribution in [0.15, 0.2) is 91.0 Å². The van der Waals surface area contributed by atoms with E-state index < -0.39 is 11.9 Å². The standard InChI is InChI=1S/C53H53N9O7S/c1-31-35(36-17-19-45(56-49(36)52(67)68)62-26-23-33-9-5-11-37(40(33)29-62)50(65)58-53-55-41-12-3-4-14-44(41)70-53)10-6-13-43(31)69-27-7-8-32-21-24-61(25-22-32)30-47(64)54-34-15-16-38-42(28-34)60(2)59-48(38)39-18-20-46(63)57-51(39)66/h3-6,9-17,19,28,32,39H,7-8,18,20-27,29-30H2,1-2H3,(H,54,64)(H,67,68)(H,55,58,65)(H,57,63,66). The van der Waals surface area contributed by atoms with Crippen LogP contribution in [0.3, 0.4) is 0 Å². The zero-order valence-electron chi connectivity index (χ0n) is 39.0. The van der Waals surface area contributed by atoms with Crippen molar-refractivity contribution in [1.29, 1.82) is 0 Å². The van der Waals surface area contributed by atoms with Crippen LogP contribution in [0.4, 0.5) is 16.6 Å². The summed E-state index contributed by atoms with van der Waals surface area (Å²) in [4.78, 5) is 77.3. The quantitative estimate of drug-likeness (QED) is 0.0604. The normalized spacial score (nSPS) is 16.5. The summed E-state index contributed by atoms with van der Waals surface area (Å²) in [6.45, 7) is 5.41. The van der Waals surface area contributed by atoms with Gasteiger partial charge in [-0.05, 0) is 141 Å². The molecule has 17 heteroatoms. The summed E-state index contributed by atoms with van der Waals surface area (Å²) in [5, 5.41) is 24.9. The number of carbonyl (C=O) groups is 5. The van der Waals surface area contributed by atoms with Gasteiger partial charge >= 0.3 is 5.97 Å². The van der Waals surface area contributed by atoms with E-state index in [1.54, 1.807) is 11.7 Å². The molecule has 4 aromatic carbocycles. The molecule has 16 nitrogen and oxygen atoms in total. The third-order valence-corrected chi connectivity index (χ3v) is 14.8. The number of hydrogen-bond donors (Lipinski definition) is 4. The van der Waals surface area contributed by atoms with E-state index in [1.807, 2.05) is 103 Å². The van der Waals surface area contributed by atoms with E-state index >= 15 is 0 Å². The highest BCUT2D eigenvalue weighted by atomic mass is 32.1. The molecular formula is C53H53N9O7S. The number of ether oxygens (including phenoxy) is 1. The molecule has 3 aliphatic heterocycles. The zero-order valence-corrected chi connectivity index (χ0v) is 39.8. The number of likely N-dealkylation sites (tertiary alicyclic amines) is 1. The molecule has 6 heterocycles. The topological polar surface area (TPSA) is 201 Å². The molecule has 3 aromatic heterocycles. The number of para-hydroxylation sites is 1. The Morgan fingerprint density at radius 2 is 1.71 bits per heavy atom. The molecule has 1 unspecified atom stereocenters. The predicted octanol–water partition coefficient (Wildman–Crippen LogP) is 8.10. The van der Waals surface area contributed by atoms with Gasteiger partial charge in [0.05, 0.1) is 40.5 Å². The number of thiazole rings is 1. The first-order chi connectivity index (χ1) is 33.9. The Kier molecular flexibility index (Phi) is 13.1. The summed E-state index contributed by atoms with van der Waals surface area (Å²) in [7, 11) is 1.80. The van der Waals surface area contributed by atoms with Crippen molar-refractivity contribution in [3.8, 4) is 16.9 Å². The van der Waals surface area contributed by atoms with Crippen molar-refractivity contribution in [2.45, 2.75) is 64.3 Å². The van der Waals surface area contributed by atoms with Crippen LogP contribution in [-0.2, 0) is 34.4 Å². The van der Waals surface area contributed by atoms with Gasteiger partial charge in [-0.2, -0.15) is 5.10 Å². The lowest BCUT2D eigenvalue weighted by molar-refractivity contribution is -0.134. The number of rotatable bonds is 14. The SMILES string of the molecule is Cc1c(OCCCC2CCN(CC(=O)Nc3ccc4c(C5CCC(=O)NC5=O)nn(C)c4c3)CC2)cccc1-c1ccc(N2CCc3cccc(C(=O)Nc4nc5ccccc5s4)c3C2)nc1C(=O)O. The summed E-state index contributed by atoms with van der Waals surface area (Å²) in [6, 6.07) is 28.4. The Labute approximate surface area is 408 Å². The number of nitrogens with one attached hydrogen (secondary N) is 3. The number of carboxylic acids is 1. The van der Waals surface area contributed by atoms with Crippen molar-refractivity contribution in [2.24, 2.45) is 13.0 Å². The number of aromatic carboxylic acids is 1. The van der Waals surface area contributed by atoms with Gasteiger partial charge < -0.3 is 20.1 Å². The molecule has 0 aliphatic carbocycles. The summed E-state index contributed by atoms with van der Waals surface area (Å²) >= 11 is 1.43. The number of benzene rings is 4. The molecule has 2 fully saturated rings. The number of fused-ring (bicyclic) bond motifs is 3. The smallest absolute Gasteiger partial charge is 0.355 e. The van der Waals surface area contributed by atoms with E-state index in [0.717, 1.165) is 82.1 Å². The molecule has 3 aliphatic rings. The number of carbonyl (C=O) groups excluding carboxylic acids is 4. The van der Waals surface area contributed by atoms with Crippen LogP contribution in [0.1, 0.15) is 87.7 Å². The molecule has 0 radical (unpaired) electrons. The Hall–Kier alpha value is -7.50. The molecule has 7 aromatic rings. The van der Waals surface area contributed by atoms with Gasteiger partial charge in [0.2, 0.25) is 17.7 Å². The molecule has 70 heavy (non-hydrogen) atoms. The number of hydrogen-bond acceptors (Lipinski definition) is 12. The van der Waals surface area contributed by atoms with Gasteiger partial charge in [-0.3, -0.25) is 39.4 Å². The molecule has 0 spiro atoms. The maximum absolute atomic E-state index is 13.6. The van der Waals surface area contributed by atoms with E-state index in [2.05, 4.69) is 30.9 Å². The molecule has 0 saturated carbocycles. The van der Waals surface area contributed by atoms with Crippen molar-refractivity contribution in [2.75, 3.05) is 48.3 Å². The van der Waals surface area contributed by atoms with Crippen LogP contribution in [0.25, 0.3) is 32.2 Å². The van der Waals surface area contributed by atoms with Gasteiger partial charge in [0.25, 0.3) is 5.91 Å². The maximum Gasteiger partial charge on any atom is 0.355 e. The first-order valence-electron chi connectivity index (χ1n) is 23.8. The molecule has 358 valence electrons. The van der Waals surface area contributed by atoms with E-state index in [4.69, 9.17) is 9.72 Å². The van der Waals surface area contributed by atoms with Crippen molar-refractivity contribution >= 4 is 78.7 Å². The number of imide groups is 1. The maximum atomic E-state index is 13.6. The first-order valence-corrected chi connectivity index (χ1v) is 24.6. The number of nitrogens with zero attached hydrogens (tertiary/aromatic N) is 6. The number of piperidine rings is 2. The van der Waals surface area contributed by atoms with E-state index in [9.17, 15) is 29.1 Å². The third kappa shape index (κ3) is 9.71. The first kappa shape index (κ1) is 46.2. The molecule has 2 saturated heterocycles. The highest BCUT2D eigenvalue weighted by Crippen LogP contribution is 2.36.